The maximum atomic E-state index is 4.66. The Morgan fingerprint density at radius 1 is 1.32 bits per heavy atom. The van der Waals surface area contributed by atoms with Gasteiger partial charge in [0, 0.05) is 19.3 Å². The molecule has 1 aromatic heterocycles. The molecule has 0 aliphatic heterocycles. The summed E-state index contributed by atoms with van der Waals surface area (Å²) in [5.41, 5.74) is 1.58. The SMILES string of the molecule is CCNC(=NCc1ccccn1)NCC1(C2CC2)CCC1.I. The number of rotatable bonds is 6. The van der Waals surface area contributed by atoms with Crippen LogP contribution in [-0.2, 0) is 6.54 Å². The number of nitrogens with one attached hydrogen (secondary N) is 2. The number of guanidine groups is 1. The van der Waals surface area contributed by atoms with Gasteiger partial charge in [-0.05, 0) is 56.1 Å². The van der Waals surface area contributed by atoms with Crippen molar-refractivity contribution in [2.75, 3.05) is 13.1 Å². The molecule has 0 amide bonds. The van der Waals surface area contributed by atoms with Crippen LogP contribution in [0.5, 0.6) is 0 Å². The van der Waals surface area contributed by atoms with Crippen LogP contribution in [0, 0.1) is 11.3 Å². The van der Waals surface area contributed by atoms with E-state index in [1.807, 2.05) is 24.4 Å². The van der Waals surface area contributed by atoms with E-state index in [4.69, 9.17) is 0 Å². The summed E-state index contributed by atoms with van der Waals surface area (Å²) in [6.45, 7) is 4.71. The van der Waals surface area contributed by atoms with Gasteiger partial charge in [0.2, 0.25) is 0 Å². The molecular formula is C17H27IN4. The number of pyridine rings is 1. The predicted molar refractivity (Wildman–Crippen MR) is 101 cm³/mol. The molecule has 2 aliphatic rings. The van der Waals surface area contributed by atoms with Crippen LogP contribution in [0.4, 0.5) is 0 Å². The maximum Gasteiger partial charge on any atom is 0.191 e. The minimum absolute atomic E-state index is 0. The molecule has 0 atom stereocenters. The minimum Gasteiger partial charge on any atom is -0.357 e. The van der Waals surface area contributed by atoms with Crippen molar-refractivity contribution in [3.8, 4) is 0 Å². The maximum absolute atomic E-state index is 4.66. The first-order valence-electron chi connectivity index (χ1n) is 8.24. The third-order valence-corrected chi connectivity index (χ3v) is 4.87. The van der Waals surface area contributed by atoms with Gasteiger partial charge in [0.25, 0.3) is 0 Å². The molecule has 4 nitrogen and oxygen atoms in total. The number of aromatic nitrogens is 1. The summed E-state index contributed by atoms with van der Waals surface area (Å²) >= 11 is 0. The highest BCUT2D eigenvalue weighted by molar-refractivity contribution is 14.0. The van der Waals surface area contributed by atoms with Gasteiger partial charge < -0.3 is 10.6 Å². The summed E-state index contributed by atoms with van der Waals surface area (Å²) < 4.78 is 0. The Labute approximate surface area is 150 Å². The third-order valence-electron chi connectivity index (χ3n) is 4.87. The molecule has 3 rings (SSSR count). The second-order valence-corrected chi connectivity index (χ2v) is 6.36. The lowest BCUT2D eigenvalue weighted by Gasteiger charge is -2.43. The van der Waals surface area contributed by atoms with Gasteiger partial charge in [-0.25, -0.2) is 4.99 Å². The van der Waals surface area contributed by atoms with Gasteiger partial charge >= 0.3 is 0 Å². The van der Waals surface area contributed by atoms with Crippen molar-refractivity contribution in [1.29, 1.82) is 0 Å². The van der Waals surface area contributed by atoms with Gasteiger partial charge in [-0.2, -0.15) is 0 Å². The molecule has 5 heteroatoms. The molecule has 2 aliphatic carbocycles. The summed E-state index contributed by atoms with van der Waals surface area (Å²) in [5, 5.41) is 6.91. The summed E-state index contributed by atoms with van der Waals surface area (Å²) in [6.07, 6.45) is 8.88. The highest BCUT2D eigenvalue weighted by atomic mass is 127. The van der Waals surface area contributed by atoms with E-state index in [1.54, 1.807) is 0 Å². The lowest BCUT2D eigenvalue weighted by Crippen LogP contribution is -2.47. The number of halogens is 1. The van der Waals surface area contributed by atoms with Crippen molar-refractivity contribution in [3.05, 3.63) is 30.1 Å². The standard InChI is InChI=1S/C17H26N4.HI/c1-2-18-16(20-12-15-6-3-4-11-19-15)21-13-17(9-5-10-17)14-7-8-14;/h3-4,6,11,14H,2,5,7-10,12-13H2,1H3,(H2,18,20,21);1H. The monoisotopic (exact) mass is 414 g/mol. The molecule has 2 N–H and O–H groups in total. The van der Waals surface area contributed by atoms with Crippen molar-refractivity contribution >= 4 is 29.9 Å². The van der Waals surface area contributed by atoms with Crippen molar-refractivity contribution in [2.45, 2.75) is 45.6 Å². The Hall–Kier alpha value is -0.850. The van der Waals surface area contributed by atoms with E-state index in [0.717, 1.165) is 30.7 Å². The molecule has 2 saturated carbocycles. The Morgan fingerprint density at radius 2 is 2.14 bits per heavy atom. The predicted octanol–water partition coefficient (Wildman–Crippen LogP) is 3.34. The van der Waals surface area contributed by atoms with E-state index in [2.05, 4.69) is 27.5 Å². The minimum atomic E-state index is 0. The molecule has 0 aromatic carbocycles. The smallest absolute Gasteiger partial charge is 0.191 e. The molecule has 0 spiro atoms. The van der Waals surface area contributed by atoms with Crippen molar-refractivity contribution in [3.63, 3.8) is 0 Å². The molecular weight excluding hydrogens is 387 g/mol. The van der Waals surface area contributed by atoms with Crippen molar-refractivity contribution in [1.82, 2.24) is 15.6 Å². The van der Waals surface area contributed by atoms with Crippen LogP contribution in [-0.4, -0.2) is 24.0 Å². The summed E-state index contributed by atoms with van der Waals surface area (Å²) in [4.78, 5) is 8.98. The molecule has 0 bridgehead atoms. The van der Waals surface area contributed by atoms with Crippen LogP contribution in [0.1, 0.15) is 44.7 Å². The van der Waals surface area contributed by atoms with Crippen LogP contribution in [0.2, 0.25) is 0 Å². The van der Waals surface area contributed by atoms with Gasteiger partial charge in [0.15, 0.2) is 5.96 Å². The fourth-order valence-electron chi connectivity index (χ4n) is 3.31. The summed E-state index contributed by atoms with van der Waals surface area (Å²) in [7, 11) is 0. The number of aliphatic imine (C=N–C) groups is 1. The van der Waals surface area contributed by atoms with Crippen LogP contribution in [0.3, 0.4) is 0 Å². The Bertz CT molecular complexity index is 481. The Balaban J connectivity index is 0.00000176. The zero-order chi connectivity index (χ0) is 14.5. The average Bonchev–Trinajstić information content (AvgIpc) is 3.29. The first-order chi connectivity index (χ1) is 10.3. The first kappa shape index (κ1) is 17.5. The molecule has 0 saturated heterocycles. The third kappa shape index (κ3) is 4.33. The summed E-state index contributed by atoms with van der Waals surface area (Å²) in [6, 6.07) is 5.96. The zero-order valence-corrected chi connectivity index (χ0v) is 15.7. The molecule has 1 heterocycles. The molecule has 122 valence electrons. The largest absolute Gasteiger partial charge is 0.357 e. The van der Waals surface area contributed by atoms with E-state index in [1.165, 1.54) is 32.1 Å². The lowest BCUT2D eigenvalue weighted by molar-refractivity contribution is 0.106. The molecule has 0 radical (unpaired) electrons. The van der Waals surface area contributed by atoms with Crippen molar-refractivity contribution < 1.29 is 0 Å². The highest BCUT2D eigenvalue weighted by Crippen LogP contribution is 2.56. The fourth-order valence-corrected chi connectivity index (χ4v) is 3.31. The van der Waals surface area contributed by atoms with Gasteiger partial charge in [0.05, 0.1) is 12.2 Å². The van der Waals surface area contributed by atoms with Crippen LogP contribution in [0.15, 0.2) is 29.4 Å². The van der Waals surface area contributed by atoms with E-state index in [-0.39, 0.29) is 24.0 Å². The van der Waals surface area contributed by atoms with Gasteiger partial charge in [-0.15, -0.1) is 24.0 Å². The number of nitrogens with zero attached hydrogens (tertiary/aromatic N) is 2. The molecule has 0 unspecified atom stereocenters. The average molecular weight is 414 g/mol. The summed E-state index contributed by atoms with van der Waals surface area (Å²) in [5.74, 6) is 1.90. The number of hydrogen-bond acceptors (Lipinski definition) is 2. The van der Waals surface area contributed by atoms with E-state index >= 15 is 0 Å². The van der Waals surface area contributed by atoms with E-state index in [9.17, 15) is 0 Å². The molecule has 22 heavy (non-hydrogen) atoms. The van der Waals surface area contributed by atoms with Crippen molar-refractivity contribution in [2.24, 2.45) is 16.3 Å². The quantitative estimate of drug-likeness (QED) is 0.427. The second kappa shape index (κ2) is 8.13. The fraction of sp³-hybridized carbons (Fsp3) is 0.647. The van der Waals surface area contributed by atoms with Crippen LogP contribution >= 0.6 is 24.0 Å². The Kier molecular flexibility index (Phi) is 6.47. The van der Waals surface area contributed by atoms with Crippen LogP contribution in [0.25, 0.3) is 0 Å². The van der Waals surface area contributed by atoms with E-state index < -0.39 is 0 Å². The van der Waals surface area contributed by atoms with E-state index in [0.29, 0.717) is 12.0 Å². The lowest BCUT2D eigenvalue weighted by atomic mass is 9.65. The molecule has 2 fully saturated rings. The van der Waals surface area contributed by atoms with Crippen LogP contribution < -0.4 is 10.6 Å². The van der Waals surface area contributed by atoms with Gasteiger partial charge in [-0.3, -0.25) is 4.98 Å². The Morgan fingerprint density at radius 3 is 2.68 bits per heavy atom. The zero-order valence-electron chi connectivity index (χ0n) is 13.3. The number of hydrogen-bond donors (Lipinski definition) is 2. The second-order valence-electron chi connectivity index (χ2n) is 6.36. The normalized spacial score (nSPS) is 19.8. The topological polar surface area (TPSA) is 49.3 Å². The first-order valence-corrected chi connectivity index (χ1v) is 8.24. The van der Waals surface area contributed by atoms with Gasteiger partial charge in [0.1, 0.15) is 0 Å². The van der Waals surface area contributed by atoms with Gasteiger partial charge in [-0.1, -0.05) is 12.5 Å². The highest BCUT2D eigenvalue weighted by Gasteiger charge is 2.48. The molecule has 1 aromatic rings.